The van der Waals surface area contributed by atoms with Crippen LogP contribution in [-0.4, -0.2) is 43.5 Å². The maximum Gasteiger partial charge on any atom is 0.278 e. The summed E-state index contributed by atoms with van der Waals surface area (Å²) in [6.07, 6.45) is 0. The second kappa shape index (κ2) is 8.40. The molecule has 0 aromatic heterocycles. The molecule has 146 valence electrons. The number of imide groups is 1. The van der Waals surface area contributed by atoms with Crippen molar-refractivity contribution in [1.29, 1.82) is 0 Å². The second-order valence-electron chi connectivity index (χ2n) is 6.88. The summed E-state index contributed by atoms with van der Waals surface area (Å²) < 4.78 is 5.11. The molecule has 0 aliphatic carbocycles. The van der Waals surface area contributed by atoms with Crippen LogP contribution in [0.15, 0.2) is 54.2 Å². The first-order chi connectivity index (χ1) is 13.5. The molecule has 2 aromatic rings. The van der Waals surface area contributed by atoms with Gasteiger partial charge in [0.15, 0.2) is 0 Å². The van der Waals surface area contributed by atoms with E-state index in [1.165, 1.54) is 4.90 Å². The molecule has 1 heterocycles. The van der Waals surface area contributed by atoms with E-state index >= 15 is 0 Å². The van der Waals surface area contributed by atoms with Crippen LogP contribution in [-0.2, 0) is 14.3 Å². The molecular formula is C23H26N2O3. The normalized spacial score (nSPS) is 14.2. The average molecular weight is 378 g/mol. The molecule has 0 bridgehead atoms. The lowest BCUT2D eigenvalue weighted by molar-refractivity contribution is -0.137. The van der Waals surface area contributed by atoms with Gasteiger partial charge < -0.3 is 9.64 Å². The first-order valence-electron chi connectivity index (χ1n) is 9.49. The first kappa shape index (κ1) is 19.8. The van der Waals surface area contributed by atoms with Crippen molar-refractivity contribution in [3.8, 4) is 0 Å². The number of amides is 2. The first-order valence-corrected chi connectivity index (χ1v) is 9.49. The predicted octanol–water partition coefficient (Wildman–Crippen LogP) is 3.56. The number of aryl methyl sites for hydroxylation is 2. The zero-order valence-electron chi connectivity index (χ0n) is 16.9. The van der Waals surface area contributed by atoms with Gasteiger partial charge in [-0.25, -0.2) is 0 Å². The molecule has 28 heavy (non-hydrogen) atoms. The number of carbonyl (C=O) groups is 2. The number of anilines is 1. The third kappa shape index (κ3) is 3.58. The van der Waals surface area contributed by atoms with Crippen LogP contribution in [0.25, 0.3) is 5.57 Å². The topological polar surface area (TPSA) is 49.9 Å². The van der Waals surface area contributed by atoms with Crippen molar-refractivity contribution in [2.75, 3.05) is 31.7 Å². The molecule has 1 aliphatic heterocycles. The van der Waals surface area contributed by atoms with E-state index in [0.717, 1.165) is 22.4 Å². The summed E-state index contributed by atoms with van der Waals surface area (Å²) in [6.45, 7) is 7.09. The molecule has 0 atom stereocenters. The number of para-hydroxylation sites is 1. The molecule has 0 unspecified atom stereocenters. The Morgan fingerprint density at radius 1 is 1.00 bits per heavy atom. The van der Waals surface area contributed by atoms with E-state index < -0.39 is 0 Å². The summed E-state index contributed by atoms with van der Waals surface area (Å²) in [5.74, 6) is -0.541. The van der Waals surface area contributed by atoms with Crippen LogP contribution in [0.1, 0.15) is 23.6 Å². The predicted molar refractivity (Wildman–Crippen MR) is 111 cm³/mol. The minimum absolute atomic E-state index is 0.235. The van der Waals surface area contributed by atoms with Crippen LogP contribution in [0.3, 0.4) is 0 Å². The van der Waals surface area contributed by atoms with E-state index in [1.54, 1.807) is 7.11 Å². The van der Waals surface area contributed by atoms with Crippen molar-refractivity contribution in [3.05, 3.63) is 70.9 Å². The van der Waals surface area contributed by atoms with E-state index in [-0.39, 0.29) is 18.4 Å². The number of likely N-dealkylation sites (N-methyl/N-ethyl adjacent to an activating group) is 1. The third-order valence-electron chi connectivity index (χ3n) is 4.97. The van der Waals surface area contributed by atoms with Crippen molar-refractivity contribution in [2.45, 2.75) is 20.8 Å². The van der Waals surface area contributed by atoms with Crippen molar-refractivity contribution in [2.24, 2.45) is 0 Å². The minimum Gasteiger partial charge on any atom is -0.383 e. The standard InChI is InChI=1S/C23H26N2O3/c1-5-24(18-9-7-6-8-10-18)21-20(19-12-11-16(2)15-17(19)3)22(26)25(23(21)27)13-14-28-4/h6-12,15H,5,13-14H2,1-4H3. The molecule has 0 saturated heterocycles. The number of rotatable bonds is 7. The van der Waals surface area contributed by atoms with Crippen LogP contribution < -0.4 is 4.90 Å². The summed E-state index contributed by atoms with van der Waals surface area (Å²) in [5.41, 5.74) is 4.68. The molecular weight excluding hydrogens is 352 g/mol. The summed E-state index contributed by atoms with van der Waals surface area (Å²) in [7, 11) is 1.56. The van der Waals surface area contributed by atoms with Crippen molar-refractivity contribution < 1.29 is 14.3 Å². The van der Waals surface area contributed by atoms with Gasteiger partial charge in [0.05, 0.1) is 18.7 Å². The molecule has 0 radical (unpaired) electrons. The maximum absolute atomic E-state index is 13.3. The zero-order chi connectivity index (χ0) is 20.3. The molecule has 2 amide bonds. The highest BCUT2D eigenvalue weighted by Gasteiger charge is 2.41. The van der Waals surface area contributed by atoms with Crippen LogP contribution in [0.4, 0.5) is 5.69 Å². The second-order valence-corrected chi connectivity index (χ2v) is 6.88. The van der Waals surface area contributed by atoms with Gasteiger partial charge in [0.25, 0.3) is 11.8 Å². The fourth-order valence-corrected chi connectivity index (χ4v) is 3.61. The van der Waals surface area contributed by atoms with Gasteiger partial charge in [0.1, 0.15) is 5.70 Å². The van der Waals surface area contributed by atoms with E-state index in [4.69, 9.17) is 4.74 Å². The summed E-state index contributed by atoms with van der Waals surface area (Å²) >= 11 is 0. The fraction of sp³-hybridized carbons (Fsp3) is 0.304. The summed E-state index contributed by atoms with van der Waals surface area (Å²) in [6, 6.07) is 15.6. The Morgan fingerprint density at radius 3 is 2.32 bits per heavy atom. The molecule has 0 saturated carbocycles. The highest BCUT2D eigenvalue weighted by molar-refractivity contribution is 6.37. The van der Waals surface area contributed by atoms with Gasteiger partial charge >= 0.3 is 0 Å². The molecule has 0 fully saturated rings. The molecule has 0 spiro atoms. The number of benzene rings is 2. The van der Waals surface area contributed by atoms with Crippen molar-refractivity contribution in [1.82, 2.24) is 4.90 Å². The minimum atomic E-state index is -0.275. The van der Waals surface area contributed by atoms with Crippen LogP contribution in [0.2, 0.25) is 0 Å². The van der Waals surface area contributed by atoms with Gasteiger partial charge in [-0.05, 0) is 44.0 Å². The number of hydrogen-bond acceptors (Lipinski definition) is 4. The van der Waals surface area contributed by atoms with E-state index in [1.807, 2.05) is 74.2 Å². The number of hydrogen-bond donors (Lipinski definition) is 0. The average Bonchev–Trinajstić information content (AvgIpc) is 2.92. The Labute approximate surface area is 166 Å². The maximum atomic E-state index is 13.3. The lowest BCUT2D eigenvalue weighted by Gasteiger charge is -2.25. The largest absolute Gasteiger partial charge is 0.383 e. The van der Waals surface area contributed by atoms with E-state index in [2.05, 4.69) is 0 Å². The van der Waals surface area contributed by atoms with Gasteiger partial charge in [0.2, 0.25) is 0 Å². The lowest BCUT2D eigenvalue weighted by Crippen LogP contribution is -2.37. The fourth-order valence-electron chi connectivity index (χ4n) is 3.61. The number of methoxy groups -OCH3 is 1. The van der Waals surface area contributed by atoms with Gasteiger partial charge in [-0.1, -0.05) is 42.0 Å². The Balaban J connectivity index is 2.19. The van der Waals surface area contributed by atoms with Crippen molar-refractivity contribution >= 4 is 23.1 Å². The van der Waals surface area contributed by atoms with E-state index in [0.29, 0.717) is 24.4 Å². The van der Waals surface area contributed by atoms with Gasteiger partial charge in [-0.3, -0.25) is 14.5 Å². The van der Waals surface area contributed by atoms with Crippen LogP contribution in [0.5, 0.6) is 0 Å². The Morgan fingerprint density at radius 2 is 1.71 bits per heavy atom. The smallest absolute Gasteiger partial charge is 0.278 e. The Kier molecular flexibility index (Phi) is 5.95. The van der Waals surface area contributed by atoms with E-state index in [9.17, 15) is 9.59 Å². The summed E-state index contributed by atoms with van der Waals surface area (Å²) in [5, 5.41) is 0. The third-order valence-corrected chi connectivity index (χ3v) is 4.97. The van der Waals surface area contributed by atoms with Crippen LogP contribution >= 0.6 is 0 Å². The molecule has 3 rings (SSSR count). The van der Waals surface area contributed by atoms with Gasteiger partial charge in [0, 0.05) is 19.3 Å². The zero-order valence-corrected chi connectivity index (χ0v) is 16.9. The molecule has 2 aromatic carbocycles. The quantitative estimate of drug-likeness (QED) is 0.692. The number of carbonyl (C=O) groups excluding carboxylic acids is 2. The Bertz CT molecular complexity index is 919. The number of nitrogens with zero attached hydrogens (tertiary/aromatic N) is 2. The summed E-state index contributed by atoms with van der Waals surface area (Å²) in [4.78, 5) is 29.8. The van der Waals surface area contributed by atoms with Crippen LogP contribution in [0, 0.1) is 13.8 Å². The SMILES string of the molecule is CCN(C1=C(c2ccc(C)cc2C)C(=O)N(CCOC)C1=O)c1ccccc1. The Hall–Kier alpha value is -2.92. The number of ether oxygens (including phenoxy) is 1. The van der Waals surface area contributed by atoms with Gasteiger partial charge in [-0.15, -0.1) is 0 Å². The molecule has 0 N–H and O–H groups in total. The van der Waals surface area contributed by atoms with Crippen molar-refractivity contribution in [3.63, 3.8) is 0 Å². The lowest BCUT2D eigenvalue weighted by atomic mass is 9.97. The van der Waals surface area contributed by atoms with Gasteiger partial charge in [-0.2, -0.15) is 0 Å². The highest BCUT2D eigenvalue weighted by Crippen LogP contribution is 2.35. The monoisotopic (exact) mass is 378 g/mol. The molecule has 5 heteroatoms. The molecule has 1 aliphatic rings. The molecule has 5 nitrogen and oxygen atoms in total. The highest BCUT2D eigenvalue weighted by atomic mass is 16.5.